The highest BCUT2D eigenvalue weighted by molar-refractivity contribution is 5.80. The van der Waals surface area contributed by atoms with E-state index in [2.05, 4.69) is 53.7 Å². The number of amides is 1. The van der Waals surface area contributed by atoms with Gasteiger partial charge in [0.15, 0.2) is 5.96 Å². The second-order valence-corrected chi connectivity index (χ2v) is 6.12. The van der Waals surface area contributed by atoms with Crippen LogP contribution in [-0.2, 0) is 17.9 Å². The first-order valence-corrected chi connectivity index (χ1v) is 8.45. The molecule has 0 spiro atoms. The van der Waals surface area contributed by atoms with E-state index in [1.165, 1.54) is 11.1 Å². The topological polar surface area (TPSA) is 56.7 Å². The Morgan fingerprint density at radius 2 is 2.17 bits per heavy atom. The summed E-state index contributed by atoms with van der Waals surface area (Å²) in [5.41, 5.74) is 2.38. The number of hydrogen-bond acceptors (Lipinski definition) is 2. The molecule has 1 aromatic carbocycles. The average Bonchev–Trinajstić information content (AvgIpc) is 2.96. The molecule has 5 nitrogen and oxygen atoms in total. The second-order valence-electron chi connectivity index (χ2n) is 6.12. The van der Waals surface area contributed by atoms with Gasteiger partial charge in [0.05, 0.1) is 0 Å². The molecule has 1 unspecified atom stereocenters. The minimum absolute atomic E-state index is 0.270. The van der Waals surface area contributed by atoms with Crippen LogP contribution in [0.3, 0.4) is 0 Å². The van der Waals surface area contributed by atoms with Gasteiger partial charge in [-0.15, -0.1) is 0 Å². The van der Waals surface area contributed by atoms with Crippen molar-refractivity contribution < 1.29 is 4.79 Å². The van der Waals surface area contributed by atoms with Gasteiger partial charge in [0, 0.05) is 39.1 Å². The number of carbonyl (C=O) groups is 1. The van der Waals surface area contributed by atoms with Crippen LogP contribution in [0.2, 0.25) is 0 Å². The maximum absolute atomic E-state index is 11.7. The molecule has 2 N–H and O–H groups in total. The molecule has 0 bridgehead atoms. The van der Waals surface area contributed by atoms with Crippen LogP contribution in [0.15, 0.2) is 29.3 Å². The molecule has 1 fully saturated rings. The van der Waals surface area contributed by atoms with E-state index in [4.69, 9.17) is 0 Å². The number of hydrogen-bond donors (Lipinski definition) is 2. The molecule has 126 valence electrons. The molecular weight excluding hydrogens is 288 g/mol. The Labute approximate surface area is 139 Å². The molecule has 0 aliphatic carbocycles. The lowest BCUT2D eigenvalue weighted by Crippen LogP contribution is -2.41. The van der Waals surface area contributed by atoms with Crippen molar-refractivity contribution in [3.63, 3.8) is 0 Å². The fourth-order valence-corrected chi connectivity index (χ4v) is 2.65. The van der Waals surface area contributed by atoms with Crippen LogP contribution in [0.5, 0.6) is 0 Å². The summed E-state index contributed by atoms with van der Waals surface area (Å²) >= 11 is 0. The lowest BCUT2D eigenvalue weighted by atomic mass is 10.1. The molecule has 1 atom stereocenters. The maximum atomic E-state index is 11.7. The van der Waals surface area contributed by atoms with Gasteiger partial charge in [-0.2, -0.15) is 0 Å². The normalized spacial score (nSPS) is 16.6. The molecule has 0 aromatic heterocycles. The number of likely N-dealkylation sites (tertiary alicyclic amines) is 1. The monoisotopic (exact) mass is 316 g/mol. The summed E-state index contributed by atoms with van der Waals surface area (Å²) in [6.07, 6.45) is 2.73. The summed E-state index contributed by atoms with van der Waals surface area (Å²) in [6, 6.07) is 8.79. The number of carbonyl (C=O) groups excluding carboxylic acids is 1. The van der Waals surface area contributed by atoms with Gasteiger partial charge in [-0.05, 0) is 30.9 Å². The summed E-state index contributed by atoms with van der Waals surface area (Å²) in [7, 11) is 1.78. The molecule has 1 heterocycles. The molecule has 1 aliphatic heterocycles. The van der Waals surface area contributed by atoms with Crippen molar-refractivity contribution >= 4 is 11.9 Å². The smallest absolute Gasteiger partial charge is 0.222 e. The van der Waals surface area contributed by atoms with E-state index in [0.29, 0.717) is 19.0 Å². The van der Waals surface area contributed by atoms with Crippen LogP contribution in [0.25, 0.3) is 0 Å². The zero-order valence-corrected chi connectivity index (χ0v) is 14.4. The minimum Gasteiger partial charge on any atom is -0.354 e. The van der Waals surface area contributed by atoms with Crippen molar-refractivity contribution in [1.29, 1.82) is 0 Å². The molecule has 0 saturated carbocycles. The van der Waals surface area contributed by atoms with Crippen LogP contribution in [0.1, 0.15) is 44.2 Å². The average molecular weight is 316 g/mol. The van der Waals surface area contributed by atoms with Crippen molar-refractivity contribution in [2.45, 2.75) is 52.2 Å². The third-order valence-corrected chi connectivity index (χ3v) is 4.22. The first kappa shape index (κ1) is 17.3. The maximum Gasteiger partial charge on any atom is 0.222 e. The first-order chi connectivity index (χ1) is 11.1. The van der Waals surface area contributed by atoms with Gasteiger partial charge in [-0.25, -0.2) is 0 Å². The third-order valence-electron chi connectivity index (χ3n) is 4.22. The molecule has 1 aromatic rings. The van der Waals surface area contributed by atoms with Crippen LogP contribution in [-0.4, -0.2) is 36.4 Å². The Morgan fingerprint density at radius 1 is 1.39 bits per heavy atom. The van der Waals surface area contributed by atoms with Crippen LogP contribution < -0.4 is 10.6 Å². The Morgan fingerprint density at radius 3 is 2.83 bits per heavy atom. The number of rotatable bonds is 6. The fourth-order valence-electron chi connectivity index (χ4n) is 2.65. The van der Waals surface area contributed by atoms with E-state index < -0.39 is 0 Å². The van der Waals surface area contributed by atoms with Gasteiger partial charge in [0.25, 0.3) is 0 Å². The summed E-state index contributed by atoms with van der Waals surface area (Å²) in [5, 5.41) is 6.69. The predicted molar refractivity (Wildman–Crippen MR) is 94.2 cm³/mol. The van der Waals surface area contributed by atoms with E-state index >= 15 is 0 Å². The summed E-state index contributed by atoms with van der Waals surface area (Å²) in [5.74, 6) is 1.09. The number of benzene rings is 1. The molecule has 1 aliphatic rings. The standard InChI is InChI=1S/C18H28N4O/c1-4-14(2)21-18(19-3)20-12-15-7-5-8-16(11-15)13-22-10-6-9-17(22)23/h5,7-8,11,14H,4,6,9-10,12-13H2,1-3H3,(H2,19,20,21). The van der Waals surface area contributed by atoms with Gasteiger partial charge in [-0.3, -0.25) is 9.79 Å². The summed E-state index contributed by atoms with van der Waals surface area (Å²) < 4.78 is 0. The Kier molecular flexibility index (Phi) is 6.44. The van der Waals surface area contributed by atoms with Gasteiger partial charge >= 0.3 is 0 Å². The molecule has 1 saturated heterocycles. The number of nitrogens with one attached hydrogen (secondary N) is 2. The van der Waals surface area contributed by atoms with Gasteiger partial charge in [0.1, 0.15) is 0 Å². The van der Waals surface area contributed by atoms with Gasteiger partial charge in [-0.1, -0.05) is 31.2 Å². The van der Waals surface area contributed by atoms with Crippen molar-refractivity contribution in [3.05, 3.63) is 35.4 Å². The quantitative estimate of drug-likeness (QED) is 0.625. The highest BCUT2D eigenvalue weighted by Crippen LogP contribution is 2.15. The van der Waals surface area contributed by atoms with E-state index in [0.717, 1.165) is 31.9 Å². The van der Waals surface area contributed by atoms with Crippen molar-refractivity contribution in [1.82, 2.24) is 15.5 Å². The minimum atomic E-state index is 0.270. The van der Waals surface area contributed by atoms with Gasteiger partial charge < -0.3 is 15.5 Å². The molecule has 2 rings (SSSR count). The molecular formula is C18H28N4O. The zero-order chi connectivity index (χ0) is 16.7. The van der Waals surface area contributed by atoms with E-state index in [1.807, 2.05) is 4.90 Å². The highest BCUT2D eigenvalue weighted by atomic mass is 16.2. The van der Waals surface area contributed by atoms with Gasteiger partial charge in [0.2, 0.25) is 5.91 Å². The number of aliphatic imine (C=N–C) groups is 1. The largest absolute Gasteiger partial charge is 0.354 e. The Hall–Kier alpha value is -2.04. The molecule has 0 radical (unpaired) electrons. The lowest BCUT2D eigenvalue weighted by molar-refractivity contribution is -0.128. The Bertz CT molecular complexity index is 556. The van der Waals surface area contributed by atoms with Crippen LogP contribution >= 0.6 is 0 Å². The highest BCUT2D eigenvalue weighted by Gasteiger charge is 2.19. The molecule has 23 heavy (non-hydrogen) atoms. The number of nitrogens with zero attached hydrogens (tertiary/aromatic N) is 2. The number of guanidine groups is 1. The first-order valence-electron chi connectivity index (χ1n) is 8.45. The zero-order valence-electron chi connectivity index (χ0n) is 14.4. The fraction of sp³-hybridized carbons (Fsp3) is 0.556. The lowest BCUT2D eigenvalue weighted by Gasteiger charge is -2.18. The van der Waals surface area contributed by atoms with Crippen LogP contribution in [0.4, 0.5) is 0 Å². The molecule has 5 heteroatoms. The Balaban J connectivity index is 1.90. The summed E-state index contributed by atoms with van der Waals surface area (Å²) in [4.78, 5) is 17.9. The van der Waals surface area contributed by atoms with Crippen molar-refractivity contribution in [3.8, 4) is 0 Å². The molecule has 1 amide bonds. The van der Waals surface area contributed by atoms with E-state index in [9.17, 15) is 4.79 Å². The van der Waals surface area contributed by atoms with Crippen molar-refractivity contribution in [2.75, 3.05) is 13.6 Å². The summed E-state index contributed by atoms with van der Waals surface area (Å²) in [6.45, 7) is 6.60. The van der Waals surface area contributed by atoms with E-state index in [-0.39, 0.29) is 5.91 Å². The van der Waals surface area contributed by atoms with Crippen molar-refractivity contribution in [2.24, 2.45) is 4.99 Å². The second kappa shape index (κ2) is 8.56. The third kappa shape index (κ3) is 5.27. The SMILES string of the molecule is CCC(C)NC(=NC)NCc1cccc(CN2CCCC2=O)c1. The predicted octanol–water partition coefficient (Wildman–Crippen LogP) is 2.27. The van der Waals surface area contributed by atoms with Crippen LogP contribution in [0, 0.1) is 0 Å². The van der Waals surface area contributed by atoms with E-state index in [1.54, 1.807) is 7.05 Å².